The summed E-state index contributed by atoms with van der Waals surface area (Å²) in [4.78, 5) is 22.4. The number of benzene rings is 1. The molecule has 112 valence electrons. The summed E-state index contributed by atoms with van der Waals surface area (Å²) in [6, 6.07) is 6.96. The zero-order valence-corrected chi connectivity index (χ0v) is 12.6. The molecule has 0 saturated heterocycles. The van der Waals surface area contributed by atoms with E-state index in [0.717, 1.165) is 12.0 Å². The maximum atomic E-state index is 11.7. The molecule has 2 unspecified atom stereocenters. The van der Waals surface area contributed by atoms with Crippen molar-refractivity contribution in [3.63, 3.8) is 0 Å². The molecule has 1 aromatic carbocycles. The highest BCUT2D eigenvalue weighted by atomic mass is 35.5. The number of amides is 2. The quantitative estimate of drug-likeness (QED) is 0.732. The summed E-state index contributed by atoms with van der Waals surface area (Å²) in [6.45, 7) is 3.96. The van der Waals surface area contributed by atoms with Crippen LogP contribution in [-0.4, -0.2) is 17.9 Å². The standard InChI is InChI=1S/C14H21N3O2.ClH/c1-3-10-4-6-11(7-5-10)9(2)17-14(19)12(15)8-13(16)18;/h4-7,9,12H,3,8,15H2,1-2H3,(H2,16,18)(H,17,19);1H. The minimum Gasteiger partial charge on any atom is -0.370 e. The highest BCUT2D eigenvalue weighted by Gasteiger charge is 2.18. The molecule has 0 saturated carbocycles. The largest absolute Gasteiger partial charge is 0.370 e. The van der Waals surface area contributed by atoms with E-state index in [4.69, 9.17) is 11.5 Å². The molecule has 0 fully saturated rings. The fraction of sp³-hybridized carbons (Fsp3) is 0.429. The Morgan fingerprint density at radius 3 is 2.25 bits per heavy atom. The summed E-state index contributed by atoms with van der Waals surface area (Å²) >= 11 is 0. The van der Waals surface area contributed by atoms with Gasteiger partial charge in [-0.3, -0.25) is 9.59 Å². The third-order valence-corrected chi connectivity index (χ3v) is 3.00. The molecule has 1 rings (SSSR count). The zero-order chi connectivity index (χ0) is 14.4. The average molecular weight is 300 g/mol. The van der Waals surface area contributed by atoms with Crippen molar-refractivity contribution in [3.05, 3.63) is 35.4 Å². The molecule has 0 bridgehead atoms. The molecule has 2 amide bonds. The molecule has 0 aliphatic carbocycles. The van der Waals surface area contributed by atoms with Gasteiger partial charge < -0.3 is 16.8 Å². The van der Waals surface area contributed by atoms with Gasteiger partial charge in [-0.15, -0.1) is 12.4 Å². The highest BCUT2D eigenvalue weighted by molar-refractivity contribution is 5.87. The lowest BCUT2D eigenvalue weighted by molar-refractivity contribution is -0.126. The normalized spacial score (nSPS) is 12.9. The van der Waals surface area contributed by atoms with Gasteiger partial charge in [0, 0.05) is 0 Å². The molecule has 0 aliphatic heterocycles. The summed E-state index contributed by atoms with van der Waals surface area (Å²) in [5.41, 5.74) is 12.8. The van der Waals surface area contributed by atoms with Crippen molar-refractivity contribution in [2.24, 2.45) is 11.5 Å². The lowest BCUT2D eigenvalue weighted by Gasteiger charge is -2.17. The Morgan fingerprint density at radius 2 is 1.80 bits per heavy atom. The maximum Gasteiger partial charge on any atom is 0.237 e. The number of carbonyl (C=O) groups excluding carboxylic acids is 2. The SMILES string of the molecule is CCc1ccc(C(C)NC(=O)C(N)CC(N)=O)cc1.Cl. The highest BCUT2D eigenvalue weighted by Crippen LogP contribution is 2.13. The van der Waals surface area contributed by atoms with Crippen LogP contribution in [-0.2, 0) is 16.0 Å². The van der Waals surface area contributed by atoms with Crippen molar-refractivity contribution < 1.29 is 9.59 Å². The zero-order valence-electron chi connectivity index (χ0n) is 11.8. The van der Waals surface area contributed by atoms with Gasteiger partial charge in [-0.25, -0.2) is 0 Å². The van der Waals surface area contributed by atoms with Gasteiger partial charge in [-0.2, -0.15) is 0 Å². The van der Waals surface area contributed by atoms with Crippen LogP contribution in [0, 0.1) is 0 Å². The van der Waals surface area contributed by atoms with Crippen LogP contribution in [0.1, 0.15) is 37.4 Å². The summed E-state index contributed by atoms with van der Waals surface area (Å²) in [7, 11) is 0. The first kappa shape index (κ1) is 18.4. The minimum absolute atomic E-state index is 0. The van der Waals surface area contributed by atoms with E-state index < -0.39 is 11.9 Å². The molecular formula is C14H22ClN3O2. The van der Waals surface area contributed by atoms with Crippen molar-refractivity contribution in [3.8, 4) is 0 Å². The summed E-state index contributed by atoms with van der Waals surface area (Å²) in [5, 5.41) is 2.77. The molecule has 0 spiro atoms. The number of rotatable bonds is 6. The number of halogens is 1. The molecule has 2 atom stereocenters. The first-order valence-electron chi connectivity index (χ1n) is 6.37. The Balaban J connectivity index is 0.00000361. The Morgan fingerprint density at radius 1 is 1.25 bits per heavy atom. The van der Waals surface area contributed by atoms with Crippen molar-refractivity contribution in [1.82, 2.24) is 5.32 Å². The molecule has 0 radical (unpaired) electrons. The Kier molecular flexibility index (Phi) is 7.87. The maximum absolute atomic E-state index is 11.7. The van der Waals surface area contributed by atoms with E-state index in [1.807, 2.05) is 31.2 Å². The lowest BCUT2D eigenvalue weighted by atomic mass is 10.0. The van der Waals surface area contributed by atoms with Gasteiger partial charge in [0.05, 0.1) is 18.5 Å². The van der Waals surface area contributed by atoms with Gasteiger partial charge in [0.2, 0.25) is 11.8 Å². The second kappa shape index (κ2) is 8.55. The van der Waals surface area contributed by atoms with E-state index >= 15 is 0 Å². The minimum atomic E-state index is -0.894. The van der Waals surface area contributed by atoms with E-state index in [1.54, 1.807) is 0 Å². The Hall–Kier alpha value is -1.59. The number of primary amides is 1. The van der Waals surface area contributed by atoms with Gasteiger partial charge in [0.1, 0.15) is 0 Å². The molecule has 6 heteroatoms. The van der Waals surface area contributed by atoms with Crippen LogP contribution in [0.5, 0.6) is 0 Å². The number of nitrogens with two attached hydrogens (primary N) is 2. The number of hydrogen-bond acceptors (Lipinski definition) is 3. The molecule has 0 aliphatic rings. The van der Waals surface area contributed by atoms with Crippen molar-refractivity contribution >= 4 is 24.2 Å². The first-order valence-corrected chi connectivity index (χ1v) is 6.37. The first-order chi connectivity index (χ1) is 8.93. The summed E-state index contributed by atoms with van der Waals surface area (Å²) in [5.74, 6) is -0.950. The molecule has 0 aromatic heterocycles. The van der Waals surface area contributed by atoms with Crippen LogP contribution in [0.2, 0.25) is 0 Å². The van der Waals surface area contributed by atoms with E-state index in [2.05, 4.69) is 12.2 Å². The molecule has 0 heterocycles. The predicted octanol–water partition coefficient (Wildman–Crippen LogP) is 1.05. The van der Waals surface area contributed by atoms with Crippen LogP contribution in [0.3, 0.4) is 0 Å². The van der Waals surface area contributed by atoms with Gasteiger partial charge in [-0.05, 0) is 24.5 Å². The van der Waals surface area contributed by atoms with Crippen molar-refractivity contribution in [2.75, 3.05) is 0 Å². The van der Waals surface area contributed by atoms with Gasteiger partial charge in [0.15, 0.2) is 0 Å². The summed E-state index contributed by atoms with van der Waals surface area (Å²) in [6.07, 6.45) is 0.831. The third kappa shape index (κ3) is 5.59. The lowest BCUT2D eigenvalue weighted by Crippen LogP contribution is -2.43. The van der Waals surface area contributed by atoms with Gasteiger partial charge in [-0.1, -0.05) is 31.2 Å². The topological polar surface area (TPSA) is 98.2 Å². The van der Waals surface area contributed by atoms with E-state index in [0.29, 0.717) is 0 Å². The number of carbonyl (C=O) groups is 2. The number of aryl methyl sites for hydroxylation is 1. The van der Waals surface area contributed by atoms with Gasteiger partial charge >= 0.3 is 0 Å². The monoisotopic (exact) mass is 299 g/mol. The number of hydrogen-bond donors (Lipinski definition) is 3. The predicted molar refractivity (Wildman–Crippen MR) is 81.4 cm³/mol. The second-order valence-corrected chi connectivity index (χ2v) is 4.60. The number of nitrogens with one attached hydrogen (secondary N) is 1. The second-order valence-electron chi connectivity index (χ2n) is 4.60. The van der Waals surface area contributed by atoms with Crippen LogP contribution in [0.15, 0.2) is 24.3 Å². The van der Waals surface area contributed by atoms with E-state index in [-0.39, 0.29) is 30.8 Å². The van der Waals surface area contributed by atoms with Crippen LogP contribution >= 0.6 is 12.4 Å². The molecule has 1 aromatic rings. The van der Waals surface area contributed by atoms with Gasteiger partial charge in [0.25, 0.3) is 0 Å². The van der Waals surface area contributed by atoms with Crippen LogP contribution in [0.4, 0.5) is 0 Å². The van der Waals surface area contributed by atoms with Crippen molar-refractivity contribution in [2.45, 2.75) is 38.8 Å². The molecule has 20 heavy (non-hydrogen) atoms. The summed E-state index contributed by atoms with van der Waals surface area (Å²) < 4.78 is 0. The Bertz CT molecular complexity index is 448. The smallest absolute Gasteiger partial charge is 0.237 e. The Labute approximate surface area is 125 Å². The molecule has 5 nitrogen and oxygen atoms in total. The van der Waals surface area contributed by atoms with Crippen molar-refractivity contribution in [1.29, 1.82) is 0 Å². The van der Waals surface area contributed by atoms with Crippen LogP contribution in [0.25, 0.3) is 0 Å². The van der Waals surface area contributed by atoms with E-state index in [1.165, 1.54) is 5.56 Å². The van der Waals surface area contributed by atoms with E-state index in [9.17, 15) is 9.59 Å². The fourth-order valence-corrected chi connectivity index (χ4v) is 1.76. The third-order valence-electron chi connectivity index (χ3n) is 3.00. The van der Waals surface area contributed by atoms with Crippen LogP contribution < -0.4 is 16.8 Å². The average Bonchev–Trinajstić information content (AvgIpc) is 2.37. The fourth-order valence-electron chi connectivity index (χ4n) is 1.76. The molecule has 5 N–H and O–H groups in total. The molecular weight excluding hydrogens is 278 g/mol.